The van der Waals surface area contributed by atoms with Crippen molar-refractivity contribution in [3.63, 3.8) is 0 Å². The lowest BCUT2D eigenvalue weighted by Gasteiger charge is -2.18. The summed E-state index contributed by atoms with van der Waals surface area (Å²) in [5.41, 5.74) is 5.50. The first-order valence-corrected chi connectivity index (χ1v) is 25.1. The zero-order valence-corrected chi connectivity index (χ0v) is 39.0. The SMILES string of the molecule is CC/C=C\C/C=C\C/C=C\C/C=C\CCCCCCCCC(=O)OC(CCCCC/C=C\CCCCCCCCCC)CCCCCCCC(=O)NC(CCCN)C(=O)O. The smallest absolute Gasteiger partial charge is 0.326 e. The number of hydrogen-bond acceptors (Lipinski definition) is 5. The maximum atomic E-state index is 12.9. The summed E-state index contributed by atoms with van der Waals surface area (Å²) in [5.74, 6) is -1.25. The molecule has 0 rings (SSSR count). The van der Waals surface area contributed by atoms with Crippen LogP contribution in [0, 0.1) is 0 Å². The van der Waals surface area contributed by atoms with Crippen LogP contribution in [0.1, 0.15) is 239 Å². The number of carbonyl (C=O) groups excluding carboxylic acids is 2. The summed E-state index contributed by atoms with van der Waals surface area (Å²) >= 11 is 0. The minimum Gasteiger partial charge on any atom is -0.480 e. The molecule has 0 aromatic carbocycles. The highest BCUT2D eigenvalue weighted by Crippen LogP contribution is 2.19. The number of hydrogen-bond donors (Lipinski definition) is 3. The molecule has 0 saturated heterocycles. The highest BCUT2D eigenvalue weighted by Gasteiger charge is 2.19. The normalized spacial score (nSPS) is 13.1. The summed E-state index contributed by atoms with van der Waals surface area (Å²) in [5, 5.41) is 12.0. The van der Waals surface area contributed by atoms with Crippen molar-refractivity contribution in [1.29, 1.82) is 0 Å². The van der Waals surface area contributed by atoms with Gasteiger partial charge in [-0.05, 0) is 122 Å². The average molecular weight is 839 g/mol. The molecule has 0 fully saturated rings. The molecule has 2 atom stereocenters. The third kappa shape index (κ3) is 43.2. The molecule has 7 heteroatoms. The fraction of sp³-hybridized carbons (Fsp3) is 0.755. The summed E-state index contributed by atoms with van der Waals surface area (Å²) in [6.07, 6.45) is 59.9. The van der Waals surface area contributed by atoms with Crippen molar-refractivity contribution in [2.45, 2.75) is 251 Å². The molecule has 4 N–H and O–H groups in total. The van der Waals surface area contributed by atoms with E-state index in [0.717, 1.165) is 109 Å². The molecular formula is C53H94N2O5. The Morgan fingerprint density at radius 2 is 0.917 bits per heavy atom. The van der Waals surface area contributed by atoms with Crippen molar-refractivity contribution in [2.75, 3.05) is 6.54 Å². The van der Waals surface area contributed by atoms with Crippen LogP contribution in [0.15, 0.2) is 60.8 Å². The van der Waals surface area contributed by atoms with Gasteiger partial charge in [0.15, 0.2) is 0 Å². The molecular weight excluding hydrogens is 745 g/mol. The van der Waals surface area contributed by atoms with Crippen LogP contribution in [0.2, 0.25) is 0 Å². The maximum Gasteiger partial charge on any atom is 0.326 e. The van der Waals surface area contributed by atoms with Gasteiger partial charge < -0.3 is 20.9 Å². The molecule has 60 heavy (non-hydrogen) atoms. The summed E-state index contributed by atoms with van der Waals surface area (Å²) < 4.78 is 6.07. The van der Waals surface area contributed by atoms with Crippen LogP contribution in [0.4, 0.5) is 0 Å². The zero-order valence-electron chi connectivity index (χ0n) is 39.0. The number of nitrogens with two attached hydrogens (primary N) is 1. The summed E-state index contributed by atoms with van der Waals surface area (Å²) in [6, 6.07) is -0.862. The Morgan fingerprint density at radius 1 is 0.500 bits per heavy atom. The number of aliphatic carboxylic acids is 1. The van der Waals surface area contributed by atoms with Crippen LogP contribution in [-0.4, -0.2) is 41.6 Å². The van der Waals surface area contributed by atoms with Gasteiger partial charge in [-0.3, -0.25) is 9.59 Å². The van der Waals surface area contributed by atoms with Gasteiger partial charge in [0.25, 0.3) is 0 Å². The number of esters is 1. The molecule has 0 bridgehead atoms. The van der Waals surface area contributed by atoms with E-state index < -0.39 is 12.0 Å². The van der Waals surface area contributed by atoms with Gasteiger partial charge in [0.1, 0.15) is 12.1 Å². The Balaban J connectivity index is 4.36. The van der Waals surface area contributed by atoms with Crippen molar-refractivity contribution in [1.82, 2.24) is 5.32 Å². The van der Waals surface area contributed by atoms with Crippen LogP contribution >= 0.6 is 0 Å². The van der Waals surface area contributed by atoms with Crippen molar-refractivity contribution in [2.24, 2.45) is 5.73 Å². The van der Waals surface area contributed by atoms with Gasteiger partial charge >= 0.3 is 11.9 Å². The molecule has 1 amide bonds. The molecule has 0 spiro atoms. The van der Waals surface area contributed by atoms with Crippen molar-refractivity contribution >= 4 is 17.8 Å². The Bertz CT molecular complexity index is 1130. The van der Waals surface area contributed by atoms with Gasteiger partial charge in [-0.1, -0.05) is 171 Å². The predicted molar refractivity (Wildman–Crippen MR) is 257 cm³/mol. The number of allylic oxidation sites excluding steroid dienone is 10. The third-order valence-electron chi connectivity index (χ3n) is 11.1. The zero-order chi connectivity index (χ0) is 43.8. The lowest BCUT2D eigenvalue weighted by atomic mass is 10.0. The largest absolute Gasteiger partial charge is 0.480 e. The predicted octanol–water partition coefficient (Wildman–Crippen LogP) is 14.9. The number of nitrogens with one attached hydrogen (secondary N) is 1. The van der Waals surface area contributed by atoms with Gasteiger partial charge in [0.05, 0.1) is 0 Å². The fourth-order valence-corrected chi connectivity index (χ4v) is 7.32. The standard InChI is InChI=1S/C53H94N2O5/c1-3-5-7-9-11-13-15-17-19-20-21-22-24-26-28-30-32-37-41-47-52(57)60-49(43-38-34-31-29-27-25-23-18-16-14-12-10-8-6-4-2)44-39-35-33-36-40-46-51(56)55-50(53(58)59)45-42-48-54/h5,7,11,13,17,19,21-22,25,27,49-50H,3-4,6,8-10,12,14-16,18,20,23-24,26,28-48,54H2,1-2H3,(H,55,56)(H,58,59)/b7-5-,13-11-,19-17-,22-21-,27-25-. The second-order valence-electron chi connectivity index (χ2n) is 16.8. The van der Waals surface area contributed by atoms with E-state index >= 15 is 0 Å². The van der Waals surface area contributed by atoms with Gasteiger partial charge in [-0.15, -0.1) is 0 Å². The van der Waals surface area contributed by atoms with Gasteiger partial charge in [-0.25, -0.2) is 4.79 Å². The van der Waals surface area contributed by atoms with Crippen LogP contribution in [0.25, 0.3) is 0 Å². The Kier molecular flexibility index (Phi) is 44.8. The fourth-order valence-electron chi connectivity index (χ4n) is 7.32. The number of carboxylic acids is 1. The summed E-state index contributed by atoms with van der Waals surface area (Å²) in [6.45, 7) is 4.84. The van der Waals surface area contributed by atoms with E-state index in [4.69, 9.17) is 10.5 Å². The molecule has 0 aliphatic heterocycles. The van der Waals surface area contributed by atoms with E-state index in [1.54, 1.807) is 0 Å². The van der Waals surface area contributed by atoms with Gasteiger partial charge in [0.2, 0.25) is 5.91 Å². The molecule has 346 valence electrons. The first kappa shape index (κ1) is 57.1. The van der Waals surface area contributed by atoms with Crippen LogP contribution in [0.5, 0.6) is 0 Å². The van der Waals surface area contributed by atoms with Crippen LogP contribution in [-0.2, 0) is 19.1 Å². The lowest BCUT2D eigenvalue weighted by molar-refractivity contribution is -0.150. The summed E-state index contributed by atoms with van der Waals surface area (Å²) in [4.78, 5) is 36.5. The third-order valence-corrected chi connectivity index (χ3v) is 11.1. The monoisotopic (exact) mass is 839 g/mol. The molecule has 0 aliphatic rings. The minimum absolute atomic E-state index is 0.0133. The van der Waals surface area contributed by atoms with E-state index in [2.05, 4.69) is 79.9 Å². The van der Waals surface area contributed by atoms with E-state index in [1.165, 1.54) is 89.9 Å². The minimum atomic E-state index is -1.01. The number of carboxylic acid groups (broad SMARTS) is 1. The van der Waals surface area contributed by atoms with Gasteiger partial charge in [0, 0.05) is 12.8 Å². The van der Waals surface area contributed by atoms with E-state index in [-0.39, 0.29) is 18.0 Å². The molecule has 0 aromatic rings. The first-order valence-electron chi connectivity index (χ1n) is 25.1. The number of carbonyl (C=O) groups is 3. The quantitative estimate of drug-likeness (QED) is 0.0319. The Morgan fingerprint density at radius 3 is 1.42 bits per heavy atom. The van der Waals surface area contributed by atoms with Crippen molar-refractivity contribution < 1.29 is 24.2 Å². The molecule has 0 heterocycles. The van der Waals surface area contributed by atoms with E-state index in [0.29, 0.717) is 32.2 Å². The van der Waals surface area contributed by atoms with Gasteiger partial charge in [-0.2, -0.15) is 0 Å². The number of ether oxygens (including phenoxy) is 1. The maximum absolute atomic E-state index is 12.9. The first-order chi connectivity index (χ1) is 29.4. The molecule has 0 aromatic heterocycles. The lowest BCUT2D eigenvalue weighted by Crippen LogP contribution is -2.40. The number of rotatable bonds is 45. The molecule has 0 saturated carbocycles. The topological polar surface area (TPSA) is 119 Å². The second kappa shape index (κ2) is 47.1. The summed E-state index contributed by atoms with van der Waals surface area (Å²) in [7, 11) is 0. The molecule has 7 nitrogen and oxygen atoms in total. The molecule has 0 radical (unpaired) electrons. The van der Waals surface area contributed by atoms with Crippen molar-refractivity contribution in [3.05, 3.63) is 60.8 Å². The Labute approximate surface area is 370 Å². The highest BCUT2D eigenvalue weighted by molar-refractivity contribution is 5.83. The van der Waals surface area contributed by atoms with E-state index in [9.17, 15) is 19.5 Å². The number of unbranched alkanes of at least 4 members (excludes halogenated alkanes) is 21. The average Bonchev–Trinajstić information content (AvgIpc) is 3.23. The Hall–Kier alpha value is -2.93. The molecule has 0 aliphatic carbocycles. The van der Waals surface area contributed by atoms with Crippen LogP contribution in [0.3, 0.4) is 0 Å². The van der Waals surface area contributed by atoms with Crippen LogP contribution < -0.4 is 11.1 Å². The van der Waals surface area contributed by atoms with E-state index in [1.807, 2.05) is 0 Å². The van der Waals surface area contributed by atoms with Crippen molar-refractivity contribution in [3.8, 4) is 0 Å². The second-order valence-corrected chi connectivity index (χ2v) is 16.8. The number of amides is 1. The molecule has 2 unspecified atom stereocenters. The highest BCUT2D eigenvalue weighted by atomic mass is 16.5.